The summed E-state index contributed by atoms with van der Waals surface area (Å²) in [6.07, 6.45) is 1.07. The zero-order valence-electron chi connectivity index (χ0n) is 8.81. The van der Waals surface area contributed by atoms with Crippen LogP contribution in [0.2, 0.25) is 0 Å². The van der Waals surface area contributed by atoms with Crippen molar-refractivity contribution in [2.75, 3.05) is 0 Å². The zero-order valence-corrected chi connectivity index (χ0v) is 9.63. The van der Waals surface area contributed by atoms with Gasteiger partial charge in [-0.3, -0.25) is 0 Å². The fourth-order valence-corrected chi connectivity index (χ4v) is 1.63. The number of aromatic nitrogens is 2. The molecule has 0 aliphatic carbocycles. The van der Waals surface area contributed by atoms with Crippen LogP contribution in [0.3, 0.4) is 0 Å². The minimum atomic E-state index is -0.969. The molecule has 0 radical (unpaired) electrons. The Bertz CT molecular complexity index is 393. The van der Waals surface area contributed by atoms with Crippen LogP contribution < -0.4 is 0 Å². The third-order valence-electron chi connectivity index (χ3n) is 2.00. The first-order valence-electron chi connectivity index (χ1n) is 4.38. The Kier molecular flexibility index (Phi) is 3.85. The molecule has 0 unspecified atom stereocenters. The van der Waals surface area contributed by atoms with Gasteiger partial charge in [0.2, 0.25) is 0 Å². The van der Waals surface area contributed by atoms with Crippen molar-refractivity contribution in [3.8, 4) is 0 Å². The molecule has 0 atom stereocenters. The van der Waals surface area contributed by atoms with Crippen LogP contribution in [-0.2, 0) is 4.79 Å². The van der Waals surface area contributed by atoms with Gasteiger partial charge in [-0.25, -0.2) is 14.8 Å². The van der Waals surface area contributed by atoms with Crippen LogP contribution >= 0.6 is 11.8 Å². The second-order valence-electron chi connectivity index (χ2n) is 3.06. The van der Waals surface area contributed by atoms with Gasteiger partial charge < -0.3 is 5.11 Å². The van der Waals surface area contributed by atoms with Crippen LogP contribution in [0.4, 0.5) is 0 Å². The van der Waals surface area contributed by atoms with Crippen LogP contribution in [0.5, 0.6) is 0 Å². The predicted octanol–water partition coefficient (Wildman–Crippen LogP) is 2.09. The minimum absolute atomic E-state index is 0.577. The number of hydrogen-bond donors (Lipinski definition) is 1. The maximum Gasteiger partial charge on any atom is 0.328 e. The topological polar surface area (TPSA) is 63.1 Å². The molecule has 1 aromatic rings. The average molecular weight is 224 g/mol. The zero-order chi connectivity index (χ0) is 11.4. The Labute approximate surface area is 92.4 Å². The van der Waals surface area contributed by atoms with E-state index in [1.165, 1.54) is 17.2 Å². The summed E-state index contributed by atoms with van der Waals surface area (Å²) in [6.45, 7) is 5.79. The van der Waals surface area contributed by atoms with E-state index in [1.807, 2.05) is 20.8 Å². The lowest BCUT2D eigenvalue weighted by molar-refractivity contribution is -0.131. The number of rotatable bonds is 3. The number of thioether (sulfide) groups is 1. The van der Waals surface area contributed by atoms with Gasteiger partial charge in [0.05, 0.1) is 0 Å². The number of aryl methyl sites for hydroxylation is 2. The standard InChI is InChI=1S/C10H12N2O2S/c1-6-7(2)11-10(12-8(6)3)15-5-4-9(13)14/h4-5H,1-3H3,(H,13,14)/b5-4+. The van der Waals surface area contributed by atoms with E-state index < -0.39 is 5.97 Å². The van der Waals surface area contributed by atoms with Gasteiger partial charge in [0.15, 0.2) is 5.16 Å². The van der Waals surface area contributed by atoms with E-state index in [2.05, 4.69) is 9.97 Å². The maximum absolute atomic E-state index is 10.2. The lowest BCUT2D eigenvalue weighted by atomic mass is 10.2. The molecule has 15 heavy (non-hydrogen) atoms. The van der Waals surface area contributed by atoms with Gasteiger partial charge in [0.25, 0.3) is 0 Å². The number of carboxylic acid groups (broad SMARTS) is 1. The molecule has 0 aliphatic heterocycles. The van der Waals surface area contributed by atoms with Gasteiger partial charge in [-0.15, -0.1) is 0 Å². The van der Waals surface area contributed by atoms with Crippen molar-refractivity contribution in [2.45, 2.75) is 25.9 Å². The van der Waals surface area contributed by atoms with Crippen LogP contribution in [0.15, 0.2) is 16.6 Å². The van der Waals surface area contributed by atoms with Crippen molar-refractivity contribution in [3.63, 3.8) is 0 Å². The normalized spacial score (nSPS) is 10.9. The molecular formula is C10H12N2O2S. The third kappa shape index (κ3) is 3.36. The van der Waals surface area contributed by atoms with Gasteiger partial charge in [0, 0.05) is 17.5 Å². The Morgan fingerprint density at radius 2 is 1.80 bits per heavy atom. The van der Waals surface area contributed by atoms with Crippen molar-refractivity contribution in [1.82, 2.24) is 9.97 Å². The summed E-state index contributed by atoms with van der Waals surface area (Å²) in [5.41, 5.74) is 2.92. The molecule has 5 heteroatoms. The highest BCUT2D eigenvalue weighted by Crippen LogP contribution is 2.17. The lowest BCUT2D eigenvalue weighted by Crippen LogP contribution is -1.97. The molecule has 0 fully saturated rings. The van der Waals surface area contributed by atoms with E-state index >= 15 is 0 Å². The van der Waals surface area contributed by atoms with Gasteiger partial charge in [-0.1, -0.05) is 11.8 Å². The number of hydrogen-bond acceptors (Lipinski definition) is 4. The molecule has 1 heterocycles. The quantitative estimate of drug-likeness (QED) is 0.484. The fourth-order valence-electron chi connectivity index (χ4n) is 0.947. The largest absolute Gasteiger partial charge is 0.478 e. The first kappa shape index (κ1) is 11.7. The second kappa shape index (κ2) is 4.93. The van der Waals surface area contributed by atoms with Crippen LogP contribution in [0.1, 0.15) is 17.0 Å². The molecule has 0 aromatic carbocycles. The summed E-state index contributed by atoms with van der Waals surface area (Å²) in [5, 5.41) is 10.4. The first-order valence-corrected chi connectivity index (χ1v) is 5.26. The van der Waals surface area contributed by atoms with Gasteiger partial charge in [-0.05, 0) is 31.7 Å². The Balaban J connectivity index is 2.83. The molecule has 0 saturated carbocycles. The molecule has 1 aromatic heterocycles. The van der Waals surface area contributed by atoms with Crippen LogP contribution in [0.25, 0.3) is 0 Å². The average Bonchev–Trinajstić information content (AvgIpc) is 2.13. The smallest absolute Gasteiger partial charge is 0.328 e. The molecular weight excluding hydrogens is 212 g/mol. The van der Waals surface area contributed by atoms with Crippen molar-refractivity contribution in [1.29, 1.82) is 0 Å². The molecule has 80 valence electrons. The van der Waals surface area contributed by atoms with Gasteiger partial charge in [-0.2, -0.15) is 0 Å². The Hall–Kier alpha value is -1.36. The van der Waals surface area contributed by atoms with Crippen molar-refractivity contribution in [2.24, 2.45) is 0 Å². The van der Waals surface area contributed by atoms with E-state index in [9.17, 15) is 4.79 Å². The number of nitrogens with zero attached hydrogens (tertiary/aromatic N) is 2. The highest BCUT2D eigenvalue weighted by Gasteiger charge is 2.03. The van der Waals surface area contributed by atoms with Crippen molar-refractivity contribution in [3.05, 3.63) is 28.4 Å². The Morgan fingerprint density at radius 1 is 1.27 bits per heavy atom. The predicted molar refractivity (Wildman–Crippen MR) is 58.9 cm³/mol. The second-order valence-corrected chi connectivity index (χ2v) is 3.93. The van der Waals surface area contributed by atoms with E-state index in [4.69, 9.17) is 5.11 Å². The van der Waals surface area contributed by atoms with Crippen LogP contribution in [0, 0.1) is 20.8 Å². The van der Waals surface area contributed by atoms with E-state index in [0.29, 0.717) is 5.16 Å². The maximum atomic E-state index is 10.2. The fraction of sp³-hybridized carbons (Fsp3) is 0.300. The number of carbonyl (C=O) groups is 1. The third-order valence-corrected chi connectivity index (χ3v) is 2.66. The van der Waals surface area contributed by atoms with Crippen molar-refractivity contribution < 1.29 is 9.90 Å². The first-order chi connectivity index (χ1) is 7.00. The summed E-state index contributed by atoms with van der Waals surface area (Å²) in [5.74, 6) is -0.969. The summed E-state index contributed by atoms with van der Waals surface area (Å²) in [6, 6.07) is 0. The molecule has 0 spiro atoms. The molecule has 0 amide bonds. The summed E-state index contributed by atoms with van der Waals surface area (Å²) in [4.78, 5) is 18.7. The van der Waals surface area contributed by atoms with E-state index in [0.717, 1.165) is 23.0 Å². The highest BCUT2D eigenvalue weighted by molar-refractivity contribution is 8.02. The monoisotopic (exact) mass is 224 g/mol. The number of aliphatic carboxylic acids is 1. The minimum Gasteiger partial charge on any atom is -0.478 e. The Morgan fingerprint density at radius 3 is 2.27 bits per heavy atom. The van der Waals surface area contributed by atoms with E-state index in [1.54, 1.807) is 0 Å². The molecule has 1 rings (SSSR count). The molecule has 0 saturated heterocycles. The van der Waals surface area contributed by atoms with Crippen LogP contribution in [-0.4, -0.2) is 21.0 Å². The molecule has 0 bridgehead atoms. The van der Waals surface area contributed by atoms with Crippen molar-refractivity contribution >= 4 is 17.7 Å². The van der Waals surface area contributed by atoms with Gasteiger partial charge >= 0.3 is 5.97 Å². The highest BCUT2D eigenvalue weighted by atomic mass is 32.2. The summed E-state index contributed by atoms with van der Waals surface area (Å²) >= 11 is 1.20. The molecule has 1 N–H and O–H groups in total. The summed E-state index contributed by atoms with van der Waals surface area (Å²) < 4.78 is 0. The number of carboxylic acids is 1. The van der Waals surface area contributed by atoms with E-state index in [-0.39, 0.29) is 0 Å². The molecule has 4 nitrogen and oxygen atoms in total. The SMILES string of the molecule is Cc1nc(S/C=C/C(=O)O)nc(C)c1C. The lowest BCUT2D eigenvalue weighted by Gasteiger charge is -2.04. The van der Waals surface area contributed by atoms with Gasteiger partial charge in [0.1, 0.15) is 0 Å². The summed E-state index contributed by atoms with van der Waals surface area (Å²) in [7, 11) is 0. The molecule has 0 aliphatic rings.